The third-order valence-corrected chi connectivity index (χ3v) is 2.89. The molecule has 0 fully saturated rings. The molecule has 0 spiro atoms. The summed E-state index contributed by atoms with van der Waals surface area (Å²) in [5, 5.41) is 9.16. The minimum Gasteiger partial charge on any atom is -0.508 e. The van der Waals surface area contributed by atoms with E-state index in [0.717, 1.165) is 25.3 Å². The zero-order valence-electron chi connectivity index (χ0n) is 9.89. The van der Waals surface area contributed by atoms with Crippen molar-refractivity contribution >= 4 is 11.6 Å². The largest absolute Gasteiger partial charge is 0.508 e. The van der Waals surface area contributed by atoms with E-state index < -0.39 is 0 Å². The number of carbonyl (C=O) groups excluding carboxylic acids is 1. The number of Topliss-reactive ketones (excluding diaryl/α,β-unsaturated/α-hetero) is 1. The zero-order valence-corrected chi connectivity index (χ0v) is 9.89. The molecule has 0 radical (unpaired) electrons. The number of benzene rings is 1. The van der Waals surface area contributed by atoms with Crippen LogP contribution in [0.3, 0.4) is 0 Å². The third-order valence-electron chi connectivity index (χ3n) is 2.89. The molecule has 0 amide bonds. The van der Waals surface area contributed by atoms with Crippen LogP contribution in [0.5, 0.6) is 5.75 Å². The van der Waals surface area contributed by atoms with Gasteiger partial charge in [0.1, 0.15) is 11.6 Å². The lowest BCUT2D eigenvalue weighted by Crippen LogP contribution is -2.33. The lowest BCUT2D eigenvalue weighted by Gasteiger charge is -2.24. The van der Waals surface area contributed by atoms with Gasteiger partial charge in [-0.3, -0.25) is 9.79 Å². The van der Waals surface area contributed by atoms with Gasteiger partial charge in [0.25, 0.3) is 0 Å². The number of phenols is 1. The van der Waals surface area contributed by atoms with Crippen molar-refractivity contribution in [3.63, 3.8) is 0 Å². The van der Waals surface area contributed by atoms with Crippen molar-refractivity contribution in [1.82, 2.24) is 4.90 Å². The SMILES string of the molecule is CN1CCCN=C1CC(=O)c1ccc(O)cc1. The van der Waals surface area contributed by atoms with Gasteiger partial charge in [-0.2, -0.15) is 0 Å². The normalized spacial score (nSPS) is 15.6. The van der Waals surface area contributed by atoms with E-state index in [1.807, 2.05) is 11.9 Å². The molecule has 0 saturated carbocycles. The summed E-state index contributed by atoms with van der Waals surface area (Å²) in [7, 11) is 1.96. The van der Waals surface area contributed by atoms with E-state index in [0.29, 0.717) is 12.0 Å². The number of aromatic hydroxyl groups is 1. The van der Waals surface area contributed by atoms with Crippen LogP contribution < -0.4 is 0 Å². The van der Waals surface area contributed by atoms with Crippen LogP contribution in [0.15, 0.2) is 29.3 Å². The highest BCUT2D eigenvalue weighted by atomic mass is 16.3. The maximum absolute atomic E-state index is 12.0. The Morgan fingerprint density at radius 1 is 1.41 bits per heavy atom. The van der Waals surface area contributed by atoms with Crippen LogP contribution in [0.1, 0.15) is 23.2 Å². The molecule has 1 N–H and O–H groups in total. The minimum absolute atomic E-state index is 0.0394. The van der Waals surface area contributed by atoms with Gasteiger partial charge in [-0.05, 0) is 30.7 Å². The number of aliphatic imine (C=N–C) groups is 1. The van der Waals surface area contributed by atoms with Crippen molar-refractivity contribution in [2.24, 2.45) is 4.99 Å². The molecule has 0 aliphatic carbocycles. The first kappa shape index (κ1) is 11.6. The smallest absolute Gasteiger partial charge is 0.170 e. The van der Waals surface area contributed by atoms with Gasteiger partial charge in [0, 0.05) is 25.7 Å². The van der Waals surface area contributed by atoms with Crippen LogP contribution in [-0.4, -0.2) is 41.8 Å². The predicted molar refractivity (Wildman–Crippen MR) is 66.6 cm³/mol. The second-order valence-electron chi connectivity index (χ2n) is 4.22. The highest BCUT2D eigenvalue weighted by Gasteiger charge is 2.15. The molecule has 1 aliphatic rings. The Morgan fingerprint density at radius 3 is 2.76 bits per heavy atom. The van der Waals surface area contributed by atoms with Gasteiger partial charge in [-0.1, -0.05) is 0 Å². The van der Waals surface area contributed by atoms with Gasteiger partial charge < -0.3 is 10.0 Å². The second kappa shape index (κ2) is 4.99. The number of ketones is 1. The molecular weight excluding hydrogens is 216 g/mol. The third kappa shape index (κ3) is 2.84. The van der Waals surface area contributed by atoms with E-state index in [9.17, 15) is 4.79 Å². The Kier molecular flexibility index (Phi) is 3.42. The van der Waals surface area contributed by atoms with Crippen molar-refractivity contribution in [2.45, 2.75) is 12.8 Å². The molecule has 0 aromatic heterocycles. The fraction of sp³-hybridized carbons (Fsp3) is 0.385. The van der Waals surface area contributed by atoms with Gasteiger partial charge in [0.05, 0.1) is 6.42 Å². The Labute approximate surface area is 101 Å². The van der Waals surface area contributed by atoms with Crippen LogP contribution in [-0.2, 0) is 0 Å². The van der Waals surface area contributed by atoms with Crippen molar-refractivity contribution in [3.8, 4) is 5.75 Å². The van der Waals surface area contributed by atoms with Crippen LogP contribution >= 0.6 is 0 Å². The lowest BCUT2D eigenvalue weighted by molar-refractivity contribution is 0.0997. The topological polar surface area (TPSA) is 52.9 Å². The van der Waals surface area contributed by atoms with Crippen LogP contribution in [0.2, 0.25) is 0 Å². The maximum Gasteiger partial charge on any atom is 0.170 e. The van der Waals surface area contributed by atoms with Crippen LogP contribution in [0.25, 0.3) is 0 Å². The number of amidine groups is 1. The summed E-state index contributed by atoms with van der Waals surface area (Å²) >= 11 is 0. The molecule has 0 unspecified atom stereocenters. The molecule has 4 heteroatoms. The van der Waals surface area contributed by atoms with Crippen molar-refractivity contribution < 1.29 is 9.90 Å². The van der Waals surface area contributed by atoms with E-state index in [2.05, 4.69) is 4.99 Å². The van der Waals surface area contributed by atoms with E-state index in [1.54, 1.807) is 12.1 Å². The fourth-order valence-corrected chi connectivity index (χ4v) is 1.85. The molecule has 1 heterocycles. The van der Waals surface area contributed by atoms with E-state index in [-0.39, 0.29) is 11.5 Å². The number of phenolic OH excluding ortho intramolecular Hbond substituents is 1. The molecule has 2 rings (SSSR count). The molecule has 0 saturated heterocycles. The Hall–Kier alpha value is -1.84. The molecule has 17 heavy (non-hydrogen) atoms. The molecule has 1 aliphatic heterocycles. The summed E-state index contributed by atoms with van der Waals surface area (Å²) in [5.74, 6) is 1.07. The summed E-state index contributed by atoms with van der Waals surface area (Å²) < 4.78 is 0. The Bertz CT molecular complexity index is 437. The first-order valence-corrected chi connectivity index (χ1v) is 5.73. The second-order valence-corrected chi connectivity index (χ2v) is 4.22. The van der Waals surface area contributed by atoms with Gasteiger partial charge in [0.2, 0.25) is 0 Å². The summed E-state index contributed by atoms with van der Waals surface area (Å²) in [6.45, 7) is 1.77. The number of rotatable bonds is 3. The number of nitrogens with zero attached hydrogens (tertiary/aromatic N) is 2. The molecule has 90 valence electrons. The summed E-state index contributed by atoms with van der Waals surface area (Å²) in [6, 6.07) is 6.33. The number of hydrogen-bond acceptors (Lipinski definition) is 4. The minimum atomic E-state index is 0.0394. The molecule has 0 atom stereocenters. The average molecular weight is 232 g/mol. The predicted octanol–water partition coefficient (Wildman–Crippen LogP) is 1.70. The molecular formula is C13H16N2O2. The quantitative estimate of drug-likeness (QED) is 0.807. The van der Waals surface area contributed by atoms with Gasteiger partial charge >= 0.3 is 0 Å². The van der Waals surface area contributed by atoms with E-state index >= 15 is 0 Å². The van der Waals surface area contributed by atoms with Gasteiger partial charge in [0.15, 0.2) is 5.78 Å². The van der Waals surface area contributed by atoms with E-state index in [4.69, 9.17) is 5.11 Å². The average Bonchev–Trinajstić information content (AvgIpc) is 2.33. The van der Waals surface area contributed by atoms with Crippen molar-refractivity contribution in [2.75, 3.05) is 20.1 Å². The molecule has 1 aromatic carbocycles. The number of hydrogen-bond donors (Lipinski definition) is 1. The molecule has 4 nitrogen and oxygen atoms in total. The standard InChI is InChI=1S/C13H16N2O2/c1-15-8-2-7-14-13(15)9-12(17)10-3-5-11(16)6-4-10/h3-6,16H,2,7-9H2,1H3. The molecule has 0 bridgehead atoms. The summed E-state index contributed by atoms with van der Waals surface area (Å²) in [6.07, 6.45) is 1.38. The van der Waals surface area contributed by atoms with Crippen molar-refractivity contribution in [3.05, 3.63) is 29.8 Å². The summed E-state index contributed by atoms with van der Waals surface area (Å²) in [4.78, 5) is 18.4. The fourth-order valence-electron chi connectivity index (χ4n) is 1.85. The van der Waals surface area contributed by atoms with Gasteiger partial charge in [-0.15, -0.1) is 0 Å². The number of carbonyl (C=O) groups is 1. The van der Waals surface area contributed by atoms with Gasteiger partial charge in [-0.25, -0.2) is 0 Å². The highest BCUT2D eigenvalue weighted by molar-refractivity contribution is 6.09. The monoisotopic (exact) mass is 232 g/mol. The first-order valence-electron chi connectivity index (χ1n) is 5.73. The van der Waals surface area contributed by atoms with Crippen molar-refractivity contribution in [1.29, 1.82) is 0 Å². The van der Waals surface area contributed by atoms with Crippen LogP contribution in [0, 0.1) is 0 Å². The lowest BCUT2D eigenvalue weighted by atomic mass is 10.1. The Balaban J connectivity index is 2.06. The van der Waals surface area contributed by atoms with E-state index in [1.165, 1.54) is 12.1 Å². The first-order chi connectivity index (χ1) is 8.16. The molecule has 1 aromatic rings. The highest BCUT2D eigenvalue weighted by Crippen LogP contribution is 2.13. The maximum atomic E-state index is 12.0. The van der Waals surface area contributed by atoms with Crippen LogP contribution in [0.4, 0.5) is 0 Å². The summed E-state index contributed by atoms with van der Waals surface area (Å²) in [5.41, 5.74) is 0.615. The Morgan fingerprint density at radius 2 is 2.12 bits per heavy atom. The zero-order chi connectivity index (χ0) is 12.3.